The van der Waals surface area contributed by atoms with Crippen LogP contribution in [-0.4, -0.2) is 36.1 Å². The molecule has 7 rings (SSSR count). The van der Waals surface area contributed by atoms with Crippen LogP contribution in [0.3, 0.4) is 0 Å². The SMILES string of the molecule is CN(C)c1ccc([C@@H]2c3sc(=O)[nH]c3S[C@@H]3[C@H]4C[C@@H]([C@@H]5C(=O)N(c6ccc(Cl)cc6)C(=O)[C@H]45)[C@H]23)cc1. The lowest BCUT2D eigenvalue weighted by Crippen LogP contribution is -2.42. The Morgan fingerprint density at radius 3 is 2.28 bits per heavy atom. The third-order valence-corrected chi connectivity index (χ3v) is 11.4. The summed E-state index contributed by atoms with van der Waals surface area (Å²) in [6.45, 7) is 0. The molecular formula is C27H24ClN3O3S2. The molecule has 1 saturated heterocycles. The lowest BCUT2D eigenvalue weighted by Gasteiger charge is -2.43. The molecule has 2 aliphatic carbocycles. The van der Waals surface area contributed by atoms with Gasteiger partial charge in [0.1, 0.15) is 0 Å². The van der Waals surface area contributed by atoms with Crippen LogP contribution in [0.5, 0.6) is 0 Å². The van der Waals surface area contributed by atoms with Gasteiger partial charge < -0.3 is 9.88 Å². The summed E-state index contributed by atoms with van der Waals surface area (Å²) in [7, 11) is 4.03. The highest BCUT2D eigenvalue weighted by Gasteiger charge is 2.69. The van der Waals surface area contributed by atoms with Crippen LogP contribution in [0, 0.1) is 29.6 Å². The van der Waals surface area contributed by atoms with E-state index >= 15 is 0 Å². The number of carbonyl (C=O) groups is 2. The van der Waals surface area contributed by atoms with Gasteiger partial charge in [-0.15, -0.1) is 11.8 Å². The third-order valence-electron chi connectivity index (χ3n) is 8.58. The first-order chi connectivity index (χ1) is 17.3. The first-order valence-electron chi connectivity index (χ1n) is 12.1. The van der Waals surface area contributed by atoms with Gasteiger partial charge in [-0.3, -0.25) is 19.3 Å². The summed E-state index contributed by atoms with van der Waals surface area (Å²) in [5.74, 6) is -0.314. The average Bonchev–Trinajstić information content (AvgIpc) is 3.59. The molecule has 0 spiro atoms. The first kappa shape index (κ1) is 22.6. The fourth-order valence-electron chi connectivity index (χ4n) is 7.21. The van der Waals surface area contributed by atoms with Crippen LogP contribution in [0.4, 0.5) is 11.4 Å². The molecule has 7 atom stereocenters. The number of rotatable bonds is 3. The molecule has 2 bridgehead atoms. The number of aromatic nitrogens is 1. The zero-order valence-corrected chi connectivity index (χ0v) is 22.1. The van der Waals surface area contributed by atoms with Crippen molar-refractivity contribution in [3.05, 3.63) is 73.7 Å². The zero-order chi connectivity index (χ0) is 24.9. The van der Waals surface area contributed by atoms with E-state index in [-0.39, 0.29) is 57.4 Å². The van der Waals surface area contributed by atoms with E-state index in [4.69, 9.17) is 11.6 Å². The quantitative estimate of drug-likeness (QED) is 0.484. The number of hydrogen-bond acceptors (Lipinski definition) is 6. The van der Waals surface area contributed by atoms with Crippen molar-refractivity contribution in [2.75, 3.05) is 23.9 Å². The van der Waals surface area contributed by atoms with Crippen LogP contribution < -0.4 is 14.7 Å². The smallest absolute Gasteiger partial charge is 0.305 e. The van der Waals surface area contributed by atoms with Gasteiger partial charge in [-0.25, -0.2) is 0 Å². The molecule has 0 radical (unpaired) electrons. The van der Waals surface area contributed by atoms with Crippen LogP contribution in [0.1, 0.15) is 22.8 Å². The van der Waals surface area contributed by atoms with E-state index in [1.807, 2.05) is 14.1 Å². The highest BCUT2D eigenvalue weighted by molar-refractivity contribution is 8.00. The summed E-state index contributed by atoms with van der Waals surface area (Å²) in [4.78, 5) is 47.4. The molecule has 2 aromatic carbocycles. The monoisotopic (exact) mass is 537 g/mol. The molecule has 4 aliphatic rings. The molecule has 2 saturated carbocycles. The molecule has 0 unspecified atom stereocenters. The van der Waals surface area contributed by atoms with Crippen LogP contribution in [0.2, 0.25) is 5.02 Å². The lowest BCUT2D eigenvalue weighted by molar-refractivity contribution is -0.123. The molecular weight excluding hydrogens is 514 g/mol. The molecule has 3 heterocycles. The number of thiazole rings is 1. The van der Waals surface area contributed by atoms with E-state index in [0.29, 0.717) is 10.7 Å². The van der Waals surface area contributed by atoms with Crippen molar-refractivity contribution in [1.82, 2.24) is 4.98 Å². The highest BCUT2D eigenvalue weighted by atomic mass is 35.5. The molecule has 2 aliphatic heterocycles. The minimum absolute atomic E-state index is 0.0369. The number of aromatic amines is 1. The molecule has 9 heteroatoms. The standard InChI is InChI=1S/C27H24ClN3O3S2/c1-30(2)14-7-3-12(4-8-14)18-19-16-11-17(22(19)35-24-23(18)36-27(34)29-24)21-20(16)25(32)31(26(21)33)15-9-5-13(28)6-10-15/h3-10,16-22H,11H2,1-2H3,(H,29,34)/t16-,17+,18+,19-,20+,21-,22-/m1/s1. The van der Waals surface area contributed by atoms with Gasteiger partial charge in [0, 0.05) is 40.9 Å². The number of thioether (sulfide) groups is 1. The Kier molecular flexibility index (Phi) is 5.01. The van der Waals surface area contributed by atoms with E-state index in [2.05, 4.69) is 34.1 Å². The van der Waals surface area contributed by atoms with Crippen LogP contribution in [-0.2, 0) is 9.59 Å². The summed E-state index contributed by atoms with van der Waals surface area (Å²) in [5.41, 5.74) is 2.88. The van der Waals surface area contributed by atoms with Crippen molar-refractivity contribution in [3.8, 4) is 0 Å². The number of halogens is 1. The summed E-state index contributed by atoms with van der Waals surface area (Å²) >= 11 is 9.06. The van der Waals surface area contributed by atoms with E-state index in [1.165, 1.54) is 21.8 Å². The maximum atomic E-state index is 13.8. The van der Waals surface area contributed by atoms with Gasteiger partial charge in [0.15, 0.2) is 0 Å². The number of nitrogens with zero attached hydrogens (tertiary/aromatic N) is 2. The Labute approximate surface area is 221 Å². The van der Waals surface area contributed by atoms with E-state index in [0.717, 1.165) is 22.0 Å². The molecule has 2 amide bonds. The second-order valence-corrected chi connectivity index (χ2v) is 13.1. The molecule has 1 aromatic heterocycles. The van der Waals surface area contributed by atoms with Crippen LogP contribution >= 0.6 is 34.7 Å². The van der Waals surface area contributed by atoms with Gasteiger partial charge >= 0.3 is 4.87 Å². The van der Waals surface area contributed by atoms with Crippen molar-refractivity contribution in [1.29, 1.82) is 0 Å². The fraction of sp³-hybridized carbons (Fsp3) is 0.370. The van der Waals surface area contributed by atoms with Crippen molar-refractivity contribution < 1.29 is 9.59 Å². The van der Waals surface area contributed by atoms with Crippen molar-refractivity contribution in [3.63, 3.8) is 0 Å². The van der Waals surface area contributed by atoms with Gasteiger partial charge in [-0.2, -0.15) is 0 Å². The van der Waals surface area contributed by atoms with Crippen LogP contribution in [0.25, 0.3) is 0 Å². The maximum absolute atomic E-state index is 13.8. The van der Waals surface area contributed by atoms with Gasteiger partial charge in [-0.05, 0) is 66.1 Å². The van der Waals surface area contributed by atoms with Gasteiger partial charge in [-0.1, -0.05) is 35.1 Å². The normalized spacial score (nSPS) is 32.0. The third kappa shape index (κ3) is 3.07. The minimum atomic E-state index is -0.305. The van der Waals surface area contributed by atoms with E-state index < -0.39 is 0 Å². The van der Waals surface area contributed by atoms with Crippen LogP contribution in [0.15, 0.2) is 58.4 Å². The zero-order valence-electron chi connectivity index (χ0n) is 19.7. The Balaban J connectivity index is 1.31. The second-order valence-electron chi connectivity index (χ2n) is 10.4. The van der Waals surface area contributed by atoms with E-state index in [9.17, 15) is 14.4 Å². The largest absolute Gasteiger partial charge is 0.378 e. The van der Waals surface area contributed by atoms with Crippen molar-refractivity contribution in [2.45, 2.75) is 22.6 Å². The Hall–Kier alpha value is -2.55. The minimum Gasteiger partial charge on any atom is -0.378 e. The number of imide groups is 1. The number of amides is 2. The topological polar surface area (TPSA) is 73.5 Å². The van der Waals surface area contributed by atoms with Gasteiger partial charge in [0.25, 0.3) is 0 Å². The molecule has 3 aromatic rings. The van der Waals surface area contributed by atoms with Gasteiger partial charge in [0.2, 0.25) is 11.8 Å². The number of fused-ring (bicyclic) bond motifs is 9. The summed E-state index contributed by atoms with van der Waals surface area (Å²) in [6.07, 6.45) is 0.884. The number of anilines is 2. The van der Waals surface area contributed by atoms with Crippen molar-refractivity contribution in [2.24, 2.45) is 29.6 Å². The number of hydrogen-bond donors (Lipinski definition) is 1. The predicted molar refractivity (Wildman–Crippen MR) is 143 cm³/mol. The summed E-state index contributed by atoms with van der Waals surface area (Å²) < 4.78 is 0. The molecule has 184 valence electrons. The Bertz CT molecular complexity index is 1450. The Morgan fingerprint density at radius 2 is 1.61 bits per heavy atom. The lowest BCUT2D eigenvalue weighted by atomic mass is 9.68. The second kappa shape index (κ2) is 7.97. The number of benzene rings is 2. The Morgan fingerprint density at radius 1 is 0.944 bits per heavy atom. The number of carbonyl (C=O) groups excluding carboxylic acids is 2. The molecule has 6 nitrogen and oxygen atoms in total. The van der Waals surface area contributed by atoms with Crippen molar-refractivity contribution >= 4 is 57.9 Å². The molecule has 3 fully saturated rings. The van der Waals surface area contributed by atoms with Gasteiger partial charge in [0.05, 0.1) is 22.5 Å². The fourth-order valence-corrected chi connectivity index (χ4v) is 10.2. The van der Waals surface area contributed by atoms with E-state index in [1.54, 1.807) is 36.0 Å². The highest BCUT2D eigenvalue weighted by Crippen LogP contribution is 2.68. The average molecular weight is 538 g/mol. The number of nitrogens with one attached hydrogen (secondary N) is 1. The maximum Gasteiger partial charge on any atom is 0.305 e. The summed E-state index contributed by atoms with van der Waals surface area (Å²) in [6, 6.07) is 15.5. The molecule has 1 N–H and O–H groups in total. The molecule has 36 heavy (non-hydrogen) atoms. The summed E-state index contributed by atoms with van der Waals surface area (Å²) in [5, 5.41) is 1.70. The predicted octanol–water partition coefficient (Wildman–Crippen LogP) is 4.83. The number of H-pyrrole nitrogens is 1. The first-order valence-corrected chi connectivity index (χ1v) is 14.2.